The fourth-order valence-electron chi connectivity index (χ4n) is 4.88. The number of fused-ring (bicyclic) bond motifs is 2. The maximum absolute atomic E-state index is 13.0. The Hall–Kier alpha value is -2.44. The molecule has 2 saturated heterocycles. The molecule has 3 aliphatic rings. The minimum atomic E-state index is -0.115. The van der Waals surface area contributed by atoms with Crippen molar-refractivity contribution in [3.8, 4) is 11.5 Å². The van der Waals surface area contributed by atoms with E-state index in [-0.39, 0.29) is 5.56 Å². The van der Waals surface area contributed by atoms with Gasteiger partial charge in [-0.1, -0.05) is 0 Å². The van der Waals surface area contributed by atoms with Crippen LogP contribution >= 0.6 is 12.2 Å². The molecule has 2 fully saturated rings. The zero-order chi connectivity index (χ0) is 25.5. The summed E-state index contributed by atoms with van der Waals surface area (Å²) in [5.74, 6) is 1.37. The Morgan fingerprint density at radius 1 is 0.919 bits per heavy atom. The molecule has 4 heterocycles. The van der Waals surface area contributed by atoms with Crippen LogP contribution in [-0.2, 0) is 16.0 Å². The lowest BCUT2D eigenvalue weighted by Crippen LogP contribution is -2.46. The van der Waals surface area contributed by atoms with Crippen LogP contribution < -0.4 is 20.3 Å². The quantitative estimate of drug-likeness (QED) is 0.361. The topological polar surface area (TPSA) is 91.5 Å². The van der Waals surface area contributed by atoms with Gasteiger partial charge in [0.1, 0.15) is 13.2 Å². The number of H-pyrrole nitrogens is 1. The number of ether oxygens (including phenoxy) is 4. The monoisotopic (exact) mass is 531 g/mol. The Balaban J connectivity index is 1.25. The van der Waals surface area contributed by atoms with Crippen molar-refractivity contribution in [2.24, 2.45) is 0 Å². The molecule has 1 aromatic carbocycles. The Morgan fingerprint density at radius 2 is 1.57 bits per heavy atom. The summed E-state index contributed by atoms with van der Waals surface area (Å²) in [5.41, 5.74) is 1.29. The Morgan fingerprint density at radius 3 is 2.27 bits per heavy atom. The van der Waals surface area contributed by atoms with E-state index in [2.05, 4.69) is 25.0 Å². The first kappa shape index (κ1) is 26.2. The van der Waals surface area contributed by atoms with Gasteiger partial charge in [-0.3, -0.25) is 14.6 Å². The summed E-state index contributed by atoms with van der Waals surface area (Å²) in [6, 6.07) is 5.71. The number of hydrogen-bond acceptors (Lipinski definition) is 8. The summed E-state index contributed by atoms with van der Waals surface area (Å²) >= 11 is 5.82. The van der Waals surface area contributed by atoms with Crippen LogP contribution in [0.25, 0.3) is 10.9 Å². The number of hydrogen-bond donors (Lipinski definition) is 2. The van der Waals surface area contributed by atoms with Gasteiger partial charge in [-0.15, -0.1) is 0 Å². The number of thiocarbonyl (C=S) groups is 1. The lowest BCUT2D eigenvalue weighted by atomic mass is 10.1. The number of aromatic nitrogens is 1. The third kappa shape index (κ3) is 7.11. The standard InChI is InChI=1S/C26H37N5O5S/c32-25-21(16-20-17-23-24(18-22(20)28-25)36-15-14-35-23)19-31(5-4-30-8-12-34-13-9-30)26(37)27-2-1-3-29-6-10-33-11-7-29/h16-18H,1-15,19H2,(H,27,37)(H,28,32). The average Bonchev–Trinajstić information content (AvgIpc) is 2.93. The molecule has 37 heavy (non-hydrogen) atoms. The number of aromatic amines is 1. The van der Waals surface area contributed by atoms with E-state index in [4.69, 9.17) is 31.2 Å². The summed E-state index contributed by atoms with van der Waals surface area (Å²) < 4.78 is 22.3. The molecule has 0 unspecified atom stereocenters. The van der Waals surface area contributed by atoms with E-state index in [0.717, 1.165) is 96.1 Å². The molecule has 2 N–H and O–H groups in total. The second kappa shape index (κ2) is 12.9. The molecule has 3 aliphatic heterocycles. The molecular formula is C26H37N5O5S. The van der Waals surface area contributed by atoms with E-state index >= 15 is 0 Å². The molecule has 11 heteroatoms. The van der Waals surface area contributed by atoms with Gasteiger partial charge < -0.3 is 34.1 Å². The van der Waals surface area contributed by atoms with Crippen molar-refractivity contribution >= 4 is 28.2 Å². The molecule has 0 bridgehead atoms. The molecule has 1 aromatic heterocycles. The minimum Gasteiger partial charge on any atom is -0.486 e. The van der Waals surface area contributed by atoms with E-state index < -0.39 is 0 Å². The van der Waals surface area contributed by atoms with Gasteiger partial charge in [-0.2, -0.15) is 0 Å². The van der Waals surface area contributed by atoms with Gasteiger partial charge in [0, 0.05) is 62.8 Å². The maximum Gasteiger partial charge on any atom is 0.253 e. The maximum atomic E-state index is 13.0. The van der Waals surface area contributed by atoms with E-state index in [1.165, 1.54) is 0 Å². The molecule has 0 amide bonds. The summed E-state index contributed by atoms with van der Waals surface area (Å²) in [5, 5.41) is 5.03. The molecule has 0 saturated carbocycles. The zero-order valence-electron chi connectivity index (χ0n) is 21.3. The number of morpholine rings is 2. The van der Waals surface area contributed by atoms with Crippen molar-refractivity contribution in [3.05, 3.63) is 34.1 Å². The average molecular weight is 532 g/mol. The van der Waals surface area contributed by atoms with Crippen LogP contribution in [0.1, 0.15) is 12.0 Å². The highest BCUT2D eigenvalue weighted by Gasteiger charge is 2.18. The number of nitrogens with zero attached hydrogens (tertiary/aromatic N) is 3. The van der Waals surface area contributed by atoms with Gasteiger partial charge in [0.2, 0.25) is 0 Å². The summed E-state index contributed by atoms with van der Waals surface area (Å²) in [7, 11) is 0. The van der Waals surface area contributed by atoms with Gasteiger partial charge in [0.15, 0.2) is 16.6 Å². The van der Waals surface area contributed by atoms with Crippen LogP contribution in [0.5, 0.6) is 11.5 Å². The molecule has 0 atom stereocenters. The van der Waals surface area contributed by atoms with Crippen molar-refractivity contribution < 1.29 is 18.9 Å². The van der Waals surface area contributed by atoms with E-state index in [9.17, 15) is 4.79 Å². The molecule has 2 aromatic rings. The second-order valence-corrected chi connectivity index (χ2v) is 10.0. The highest BCUT2D eigenvalue weighted by atomic mass is 32.1. The van der Waals surface area contributed by atoms with Crippen molar-refractivity contribution in [1.29, 1.82) is 0 Å². The Kier molecular flexibility index (Phi) is 9.11. The van der Waals surface area contributed by atoms with Crippen LogP contribution in [-0.4, -0.2) is 117 Å². The van der Waals surface area contributed by atoms with Crippen molar-refractivity contribution in [2.45, 2.75) is 13.0 Å². The predicted molar refractivity (Wildman–Crippen MR) is 146 cm³/mol. The summed E-state index contributed by atoms with van der Waals surface area (Å²) in [4.78, 5) is 23.0. The molecule has 10 nitrogen and oxygen atoms in total. The fraction of sp³-hybridized carbons (Fsp3) is 0.615. The Bertz CT molecular complexity index is 1120. The van der Waals surface area contributed by atoms with Crippen LogP contribution in [0.15, 0.2) is 23.0 Å². The van der Waals surface area contributed by atoms with Crippen LogP contribution in [0.3, 0.4) is 0 Å². The van der Waals surface area contributed by atoms with Crippen molar-refractivity contribution in [3.63, 3.8) is 0 Å². The number of rotatable bonds is 9. The Labute approximate surface area is 222 Å². The van der Waals surface area contributed by atoms with E-state index in [1.807, 2.05) is 18.2 Å². The number of nitrogens with one attached hydrogen (secondary N) is 2. The fourth-order valence-corrected chi connectivity index (χ4v) is 5.14. The van der Waals surface area contributed by atoms with Crippen LogP contribution in [0.2, 0.25) is 0 Å². The number of benzene rings is 1. The predicted octanol–water partition coefficient (Wildman–Crippen LogP) is 1.03. The largest absolute Gasteiger partial charge is 0.486 e. The van der Waals surface area contributed by atoms with E-state index in [0.29, 0.717) is 41.9 Å². The summed E-state index contributed by atoms with van der Waals surface area (Å²) in [6.07, 6.45) is 1.00. The molecule has 0 radical (unpaired) electrons. The normalized spacial score (nSPS) is 18.6. The first-order valence-corrected chi connectivity index (χ1v) is 13.6. The van der Waals surface area contributed by atoms with Gasteiger partial charge in [0.05, 0.1) is 38.5 Å². The van der Waals surface area contributed by atoms with Gasteiger partial charge >= 0.3 is 0 Å². The highest BCUT2D eigenvalue weighted by Crippen LogP contribution is 2.33. The third-order valence-corrected chi connectivity index (χ3v) is 7.46. The second-order valence-electron chi connectivity index (χ2n) is 9.62. The first-order valence-electron chi connectivity index (χ1n) is 13.2. The molecule has 0 aliphatic carbocycles. The molecule has 202 valence electrons. The SMILES string of the molecule is O=c1[nH]c2cc3c(cc2cc1CN(CCN1CCOCC1)C(=S)NCCCN1CCOCC1)OCCO3. The lowest BCUT2D eigenvalue weighted by Gasteiger charge is -2.31. The summed E-state index contributed by atoms with van der Waals surface area (Å²) in [6.45, 7) is 11.8. The molecule has 5 rings (SSSR count). The van der Waals surface area contributed by atoms with Crippen molar-refractivity contribution in [2.75, 3.05) is 92.0 Å². The van der Waals surface area contributed by atoms with Gasteiger partial charge in [-0.05, 0) is 37.3 Å². The molecular weight excluding hydrogens is 494 g/mol. The highest BCUT2D eigenvalue weighted by molar-refractivity contribution is 7.80. The zero-order valence-corrected chi connectivity index (χ0v) is 22.2. The van der Waals surface area contributed by atoms with Gasteiger partial charge in [-0.25, -0.2) is 0 Å². The third-order valence-electron chi connectivity index (χ3n) is 7.05. The van der Waals surface area contributed by atoms with E-state index in [1.54, 1.807) is 0 Å². The minimum absolute atomic E-state index is 0.115. The smallest absolute Gasteiger partial charge is 0.253 e. The number of pyridine rings is 1. The van der Waals surface area contributed by atoms with Crippen LogP contribution in [0, 0.1) is 0 Å². The van der Waals surface area contributed by atoms with Gasteiger partial charge in [0.25, 0.3) is 5.56 Å². The lowest BCUT2D eigenvalue weighted by molar-refractivity contribution is 0.0356. The van der Waals surface area contributed by atoms with Crippen LogP contribution in [0.4, 0.5) is 0 Å². The molecule has 0 spiro atoms. The van der Waals surface area contributed by atoms with Crippen molar-refractivity contribution in [1.82, 2.24) is 25.0 Å². The first-order chi connectivity index (χ1) is 18.2.